The Balaban J connectivity index is 2.24. The quantitative estimate of drug-likeness (QED) is 0.700. The van der Waals surface area contributed by atoms with Crippen LogP contribution in [0, 0.1) is 0 Å². The fraction of sp³-hybridized carbons (Fsp3) is 0.385. The van der Waals surface area contributed by atoms with Gasteiger partial charge in [-0.2, -0.15) is 0 Å². The van der Waals surface area contributed by atoms with Gasteiger partial charge in [0.05, 0.1) is 11.1 Å². The van der Waals surface area contributed by atoms with Gasteiger partial charge in [-0.1, -0.05) is 0 Å². The first-order valence-corrected chi connectivity index (χ1v) is 5.40. The predicted octanol–water partition coefficient (Wildman–Crippen LogP) is 2.31. The van der Waals surface area contributed by atoms with Gasteiger partial charge in [0, 0.05) is 5.56 Å². The van der Waals surface area contributed by atoms with Crippen molar-refractivity contribution in [3.63, 3.8) is 0 Å². The Kier molecular flexibility index (Phi) is 2.65. The van der Waals surface area contributed by atoms with Crippen LogP contribution in [0.2, 0.25) is 0 Å². The van der Waals surface area contributed by atoms with Crippen LogP contribution in [0.25, 0.3) is 0 Å². The highest BCUT2D eigenvalue weighted by Crippen LogP contribution is 2.22. The SMILES string of the molecule is CC(C)(C)OC(=O)c1ccc2c(c1)COC2=O. The number of esters is 2. The number of carbonyl (C=O) groups is 2. The van der Waals surface area contributed by atoms with E-state index in [0.717, 1.165) is 5.56 Å². The number of ether oxygens (including phenoxy) is 2. The number of fused-ring (bicyclic) bond motifs is 1. The summed E-state index contributed by atoms with van der Waals surface area (Å²) in [5.41, 5.74) is 1.18. The van der Waals surface area contributed by atoms with E-state index < -0.39 is 5.60 Å². The molecule has 17 heavy (non-hydrogen) atoms. The van der Waals surface area contributed by atoms with Crippen molar-refractivity contribution >= 4 is 11.9 Å². The molecular formula is C13H14O4. The maximum atomic E-state index is 11.8. The number of hydrogen-bond donors (Lipinski definition) is 0. The van der Waals surface area contributed by atoms with E-state index in [-0.39, 0.29) is 18.5 Å². The molecule has 0 aliphatic carbocycles. The van der Waals surface area contributed by atoms with Crippen molar-refractivity contribution in [2.24, 2.45) is 0 Å². The molecule has 0 saturated carbocycles. The summed E-state index contributed by atoms with van der Waals surface area (Å²) in [4.78, 5) is 23.0. The summed E-state index contributed by atoms with van der Waals surface area (Å²) < 4.78 is 10.1. The molecule has 4 heteroatoms. The minimum atomic E-state index is -0.525. The van der Waals surface area contributed by atoms with Crippen LogP contribution in [0.15, 0.2) is 18.2 Å². The predicted molar refractivity (Wildman–Crippen MR) is 60.7 cm³/mol. The molecular weight excluding hydrogens is 220 g/mol. The zero-order valence-corrected chi connectivity index (χ0v) is 10.1. The first kappa shape index (κ1) is 11.6. The molecule has 0 amide bonds. The molecule has 1 aromatic rings. The summed E-state index contributed by atoms with van der Waals surface area (Å²) >= 11 is 0. The van der Waals surface area contributed by atoms with Crippen molar-refractivity contribution in [3.8, 4) is 0 Å². The normalized spacial score (nSPS) is 14.2. The highest BCUT2D eigenvalue weighted by atomic mass is 16.6. The zero-order chi connectivity index (χ0) is 12.6. The Hall–Kier alpha value is -1.84. The third-order valence-corrected chi connectivity index (χ3v) is 2.32. The van der Waals surface area contributed by atoms with Gasteiger partial charge in [-0.25, -0.2) is 9.59 Å². The van der Waals surface area contributed by atoms with Gasteiger partial charge in [-0.3, -0.25) is 0 Å². The fourth-order valence-corrected chi connectivity index (χ4v) is 1.60. The molecule has 90 valence electrons. The second-order valence-corrected chi connectivity index (χ2v) is 4.95. The number of hydrogen-bond acceptors (Lipinski definition) is 4. The average Bonchev–Trinajstić information content (AvgIpc) is 2.57. The minimum absolute atomic E-state index is 0.227. The molecule has 1 aliphatic heterocycles. The van der Waals surface area contributed by atoms with E-state index in [0.29, 0.717) is 11.1 Å². The second kappa shape index (κ2) is 3.87. The maximum Gasteiger partial charge on any atom is 0.338 e. The number of carbonyl (C=O) groups excluding carboxylic acids is 2. The van der Waals surface area contributed by atoms with Crippen molar-refractivity contribution in [1.29, 1.82) is 0 Å². The van der Waals surface area contributed by atoms with Gasteiger partial charge in [0.25, 0.3) is 0 Å². The summed E-state index contributed by atoms with van der Waals surface area (Å²) in [5, 5.41) is 0. The lowest BCUT2D eigenvalue weighted by molar-refractivity contribution is 0.00693. The number of benzene rings is 1. The van der Waals surface area contributed by atoms with Crippen LogP contribution in [0.4, 0.5) is 0 Å². The lowest BCUT2D eigenvalue weighted by Gasteiger charge is -2.19. The Labute approximate surface area is 99.5 Å². The Morgan fingerprint density at radius 2 is 2.06 bits per heavy atom. The fourth-order valence-electron chi connectivity index (χ4n) is 1.60. The van der Waals surface area contributed by atoms with Crippen LogP contribution >= 0.6 is 0 Å². The molecule has 2 rings (SSSR count). The van der Waals surface area contributed by atoms with E-state index in [9.17, 15) is 9.59 Å². The molecule has 0 bridgehead atoms. The molecule has 0 radical (unpaired) electrons. The maximum absolute atomic E-state index is 11.8. The van der Waals surface area contributed by atoms with Gasteiger partial charge in [0.2, 0.25) is 0 Å². The van der Waals surface area contributed by atoms with Gasteiger partial charge < -0.3 is 9.47 Å². The molecule has 4 nitrogen and oxygen atoms in total. The first-order chi connectivity index (χ1) is 7.87. The van der Waals surface area contributed by atoms with Gasteiger partial charge in [0.1, 0.15) is 12.2 Å². The van der Waals surface area contributed by atoms with Crippen molar-refractivity contribution in [3.05, 3.63) is 34.9 Å². The summed E-state index contributed by atoms with van der Waals surface area (Å²) in [5.74, 6) is -0.726. The van der Waals surface area contributed by atoms with Gasteiger partial charge in [-0.05, 0) is 39.0 Å². The molecule has 0 saturated heterocycles. The second-order valence-electron chi connectivity index (χ2n) is 4.95. The lowest BCUT2D eigenvalue weighted by Crippen LogP contribution is -2.23. The van der Waals surface area contributed by atoms with Crippen LogP contribution in [0.1, 0.15) is 47.1 Å². The van der Waals surface area contributed by atoms with Crippen molar-refractivity contribution in [2.75, 3.05) is 0 Å². The van der Waals surface area contributed by atoms with Crippen LogP contribution in [0.3, 0.4) is 0 Å². The third kappa shape index (κ3) is 2.46. The smallest absolute Gasteiger partial charge is 0.338 e. The van der Waals surface area contributed by atoms with Crippen molar-refractivity contribution in [1.82, 2.24) is 0 Å². The Morgan fingerprint density at radius 3 is 2.71 bits per heavy atom. The average molecular weight is 234 g/mol. The number of rotatable bonds is 1. The molecule has 0 spiro atoms. The van der Waals surface area contributed by atoms with Crippen LogP contribution in [0.5, 0.6) is 0 Å². The summed E-state index contributed by atoms with van der Waals surface area (Å²) in [7, 11) is 0. The molecule has 1 aliphatic rings. The van der Waals surface area contributed by atoms with Gasteiger partial charge in [0.15, 0.2) is 0 Å². The van der Waals surface area contributed by atoms with E-state index in [1.165, 1.54) is 0 Å². The van der Waals surface area contributed by atoms with Crippen LogP contribution < -0.4 is 0 Å². The Morgan fingerprint density at radius 1 is 1.35 bits per heavy atom. The standard InChI is InChI=1S/C13H14O4/c1-13(2,3)17-11(14)8-4-5-10-9(6-8)7-16-12(10)15/h4-6H,7H2,1-3H3. The third-order valence-electron chi connectivity index (χ3n) is 2.32. The van der Waals surface area contributed by atoms with Crippen molar-refractivity contribution in [2.45, 2.75) is 33.0 Å². The van der Waals surface area contributed by atoms with Crippen LogP contribution in [-0.2, 0) is 16.1 Å². The molecule has 0 fully saturated rings. The summed E-state index contributed by atoms with van der Waals surface area (Å²) in [6.07, 6.45) is 0. The minimum Gasteiger partial charge on any atom is -0.457 e. The van der Waals surface area contributed by atoms with Gasteiger partial charge >= 0.3 is 11.9 Å². The molecule has 1 aromatic carbocycles. The van der Waals surface area contributed by atoms with E-state index in [4.69, 9.17) is 9.47 Å². The first-order valence-electron chi connectivity index (χ1n) is 5.40. The van der Waals surface area contributed by atoms with E-state index in [2.05, 4.69) is 0 Å². The molecule has 0 aromatic heterocycles. The molecule has 0 unspecified atom stereocenters. The van der Waals surface area contributed by atoms with E-state index in [1.54, 1.807) is 18.2 Å². The lowest BCUT2D eigenvalue weighted by atomic mass is 10.1. The molecule has 1 heterocycles. The summed E-state index contributed by atoms with van der Waals surface area (Å²) in [6, 6.07) is 4.83. The number of cyclic esters (lactones) is 1. The Bertz CT molecular complexity index is 483. The monoisotopic (exact) mass is 234 g/mol. The highest BCUT2D eigenvalue weighted by molar-refractivity contribution is 5.96. The van der Waals surface area contributed by atoms with E-state index in [1.807, 2.05) is 20.8 Å². The molecule has 0 N–H and O–H groups in total. The van der Waals surface area contributed by atoms with Gasteiger partial charge in [-0.15, -0.1) is 0 Å². The highest BCUT2D eigenvalue weighted by Gasteiger charge is 2.24. The van der Waals surface area contributed by atoms with E-state index >= 15 is 0 Å². The summed E-state index contributed by atoms with van der Waals surface area (Å²) in [6.45, 7) is 5.66. The van der Waals surface area contributed by atoms with Crippen molar-refractivity contribution < 1.29 is 19.1 Å². The molecule has 0 atom stereocenters. The zero-order valence-electron chi connectivity index (χ0n) is 10.1. The largest absolute Gasteiger partial charge is 0.457 e. The van der Waals surface area contributed by atoms with Crippen LogP contribution in [-0.4, -0.2) is 17.5 Å². The topological polar surface area (TPSA) is 52.6 Å².